The van der Waals surface area contributed by atoms with E-state index >= 15 is 0 Å². The van der Waals surface area contributed by atoms with Gasteiger partial charge in [-0.15, -0.1) is 5.10 Å². The van der Waals surface area contributed by atoms with E-state index in [1.54, 1.807) is 11.5 Å². The van der Waals surface area contributed by atoms with Gasteiger partial charge < -0.3 is 5.32 Å². The van der Waals surface area contributed by atoms with Gasteiger partial charge in [-0.3, -0.25) is 14.8 Å². The zero-order valence-electron chi connectivity index (χ0n) is 16.5. The summed E-state index contributed by atoms with van der Waals surface area (Å²) >= 11 is 0. The molecule has 4 aromatic rings. The molecule has 0 aliphatic heterocycles. The van der Waals surface area contributed by atoms with Crippen molar-refractivity contribution in [1.29, 1.82) is 0 Å². The number of para-hydroxylation sites is 1. The van der Waals surface area contributed by atoms with Gasteiger partial charge in [-0.25, -0.2) is 10.5 Å². The lowest BCUT2D eigenvalue weighted by molar-refractivity contribution is -0.129. The van der Waals surface area contributed by atoms with Crippen molar-refractivity contribution < 1.29 is 10.0 Å². The number of amides is 1. The summed E-state index contributed by atoms with van der Waals surface area (Å²) in [7, 11) is 0. The number of nitrogens with one attached hydrogen (secondary N) is 2. The van der Waals surface area contributed by atoms with Crippen LogP contribution in [0.1, 0.15) is 32.1 Å². The number of benzene rings is 2. The van der Waals surface area contributed by atoms with E-state index in [0.717, 1.165) is 36.5 Å². The summed E-state index contributed by atoms with van der Waals surface area (Å²) in [5.74, 6) is 0.295. The molecule has 1 amide bonds. The molecular weight excluding hydrogens is 382 g/mol. The molecule has 0 radical (unpaired) electrons. The lowest BCUT2D eigenvalue weighted by Gasteiger charge is -2.12. The van der Waals surface area contributed by atoms with Gasteiger partial charge in [0.2, 0.25) is 5.91 Å². The molecular formula is C22H23N5O3. The number of carbonyl (C=O) groups excluding carboxylic acids is 1. The molecule has 0 aliphatic carbocycles. The number of aromatic nitrogens is 3. The smallest absolute Gasteiger partial charge is 0.282 e. The van der Waals surface area contributed by atoms with E-state index in [4.69, 9.17) is 5.21 Å². The second-order valence-electron chi connectivity index (χ2n) is 7.19. The minimum absolute atomic E-state index is 0.188. The van der Waals surface area contributed by atoms with Crippen LogP contribution in [0.15, 0.2) is 53.3 Å². The summed E-state index contributed by atoms with van der Waals surface area (Å²) in [6, 6.07) is 15.1. The van der Waals surface area contributed by atoms with E-state index < -0.39 is 0 Å². The second kappa shape index (κ2) is 8.87. The fraction of sp³-hybridized carbons (Fsp3) is 0.273. The molecule has 8 nitrogen and oxygen atoms in total. The van der Waals surface area contributed by atoms with Gasteiger partial charge in [-0.1, -0.05) is 49.2 Å². The summed E-state index contributed by atoms with van der Waals surface area (Å²) in [5, 5.41) is 18.7. The number of unbranched alkanes of at least 4 members (excludes halogenated alkanes) is 3. The molecule has 0 saturated heterocycles. The Labute approximate surface area is 172 Å². The highest BCUT2D eigenvalue weighted by Crippen LogP contribution is 2.24. The molecule has 2 heterocycles. The first-order valence-corrected chi connectivity index (χ1v) is 10.1. The van der Waals surface area contributed by atoms with Gasteiger partial charge >= 0.3 is 0 Å². The second-order valence-corrected chi connectivity index (χ2v) is 7.19. The Balaban J connectivity index is 1.57. The predicted molar refractivity (Wildman–Crippen MR) is 116 cm³/mol. The number of rotatable bonds is 8. The summed E-state index contributed by atoms with van der Waals surface area (Å²) in [5.41, 5.74) is 2.66. The van der Waals surface area contributed by atoms with Crippen molar-refractivity contribution in [2.45, 2.75) is 32.1 Å². The average molecular weight is 405 g/mol. The highest BCUT2D eigenvalue weighted by Gasteiger charge is 2.12. The minimum atomic E-state index is -0.355. The monoisotopic (exact) mass is 405 g/mol. The van der Waals surface area contributed by atoms with Crippen LogP contribution < -0.4 is 16.4 Å². The number of nitrogens with zero attached hydrogens (tertiary/aromatic N) is 3. The fourth-order valence-corrected chi connectivity index (χ4v) is 3.59. The van der Waals surface area contributed by atoms with E-state index in [-0.39, 0.29) is 11.5 Å². The number of carbonyl (C=O) groups is 1. The van der Waals surface area contributed by atoms with Gasteiger partial charge in [0, 0.05) is 23.7 Å². The largest absolute Gasteiger partial charge is 0.368 e. The Hall–Kier alpha value is -3.52. The third kappa shape index (κ3) is 3.95. The Bertz CT molecular complexity index is 1270. The van der Waals surface area contributed by atoms with E-state index in [9.17, 15) is 9.59 Å². The Kier molecular flexibility index (Phi) is 5.85. The van der Waals surface area contributed by atoms with Gasteiger partial charge in [0.1, 0.15) is 0 Å². The fourth-order valence-electron chi connectivity index (χ4n) is 3.59. The quantitative estimate of drug-likeness (QED) is 0.136. The first-order chi connectivity index (χ1) is 14.7. The number of hydroxylamine groups is 1. The highest BCUT2D eigenvalue weighted by molar-refractivity contribution is 6.01. The van der Waals surface area contributed by atoms with Crippen LogP contribution in [0, 0.1) is 0 Å². The van der Waals surface area contributed by atoms with E-state index in [0.29, 0.717) is 35.3 Å². The molecule has 0 atom stereocenters. The normalized spacial score (nSPS) is 11.2. The molecule has 4 rings (SSSR count). The molecule has 0 spiro atoms. The molecule has 30 heavy (non-hydrogen) atoms. The number of hydrogen-bond acceptors (Lipinski definition) is 6. The third-order valence-corrected chi connectivity index (χ3v) is 5.12. The van der Waals surface area contributed by atoms with Crippen LogP contribution in [0.2, 0.25) is 0 Å². The molecule has 3 N–H and O–H groups in total. The summed E-state index contributed by atoms with van der Waals surface area (Å²) in [6.45, 7) is 0.699. The molecule has 2 aromatic carbocycles. The molecule has 154 valence electrons. The van der Waals surface area contributed by atoms with Crippen molar-refractivity contribution in [1.82, 2.24) is 20.1 Å². The lowest BCUT2D eigenvalue weighted by atomic mass is 10.1. The number of anilines is 1. The Morgan fingerprint density at radius 1 is 0.933 bits per heavy atom. The van der Waals surface area contributed by atoms with Gasteiger partial charge in [-0.2, -0.15) is 4.52 Å². The van der Waals surface area contributed by atoms with Crippen LogP contribution in [-0.2, 0) is 4.79 Å². The van der Waals surface area contributed by atoms with Crippen molar-refractivity contribution >= 4 is 39.0 Å². The zero-order valence-corrected chi connectivity index (χ0v) is 16.5. The van der Waals surface area contributed by atoms with Crippen molar-refractivity contribution in [3.05, 3.63) is 58.9 Å². The van der Waals surface area contributed by atoms with Gasteiger partial charge in [0.25, 0.3) is 5.56 Å². The standard InChI is InChI=1S/C22H23N5O3/c28-19(26-30)13-3-1-2-8-14-23-20-15-9-4-5-10-16(15)21-24-18-12-7-6-11-17(18)22(29)27(21)25-20/h4-7,9-12,30H,1-3,8,13-14H2,(H,23,25)(H,26,28). The number of hydrogen-bond donors (Lipinski definition) is 3. The molecule has 0 bridgehead atoms. The number of fused-ring (bicyclic) bond motifs is 4. The van der Waals surface area contributed by atoms with Crippen LogP contribution in [0.4, 0.5) is 5.82 Å². The molecule has 2 aromatic heterocycles. The molecule has 0 fully saturated rings. The van der Waals surface area contributed by atoms with Gasteiger partial charge in [-0.05, 0) is 25.0 Å². The Morgan fingerprint density at radius 2 is 1.63 bits per heavy atom. The van der Waals surface area contributed by atoms with E-state index in [2.05, 4.69) is 15.4 Å². The SMILES string of the molecule is O=C(CCCCCCNc1nn2c(=O)c3ccccc3nc2c2ccccc12)NO. The first-order valence-electron chi connectivity index (χ1n) is 10.1. The molecule has 0 saturated carbocycles. The maximum atomic E-state index is 13.0. The molecule has 0 aliphatic rings. The van der Waals surface area contributed by atoms with Crippen molar-refractivity contribution in [3.63, 3.8) is 0 Å². The van der Waals surface area contributed by atoms with E-state index in [1.807, 2.05) is 42.5 Å². The summed E-state index contributed by atoms with van der Waals surface area (Å²) in [4.78, 5) is 28.7. The first kappa shape index (κ1) is 19.8. The van der Waals surface area contributed by atoms with Crippen LogP contribution in [0.3, 0.4) is 0 Å². The van der Waals surface area contributed by atoms with Crippen molar-refractivity contribution in [2.24, 2.45) is 0 Å². The predicted octanol–water partition coefficient (Wildman–Crippen LogP) is 3.26. The maximum Gasteiger partial charge on any atom is 0.282 e. The molecule has 8 heteroatoms. The van der Waals surface area contributed by atoms with Crippen molar-refractivity contribution in [3.8, 4) is 0 Å². The van der Waals surface area contributed by atoms with E-state index in [1.165, 1.54) is 4.52 Å². The lowest BCUT2D eigenvalue weighted by Crippen LogP contribution is -2.20. The topological polar surface area (TPSA) is 109 Å². The maximum absolute atomic E-state index is 13.0. The third-order valence-electron chi connectivity index (χ3n) is 5.12. The highest BCUT2D eigenvalue weighted by atomic mass is 16.5. The minimum Gasteiger partial charge on any atom is -0.368 e. The van der Waals surface area contributed by atoms with Gasteiger partial charge in [0.15, 0.2) is 11.5 Å². The van der Waals surface area contributed by atoms with Crippen LogP contribution in [-0.4, -0.2) is 32.3 Å². The van der Waals surface area contributed by atoms with Gasteiger partial charge in [0.05, 0.1) is 10.9 Å². The van der Waals surface area contributed by atoms with Crippen LogP contribution in [0.25, 0.3) is 27.3 Å². The average Bonchev–Trinajstić information content (AvgIpc) is 2.79. The molecule has 0 unspecified atom stereocenters. The van der Waals surface area contributed by atoms with Crippen LogP contribution >= 0.6 is 0 Å². The van der Waals surface area contributed by atoms with Crippen molar-refractivity contribution in [2.75, 3.05) is 11.9 Å². The summed E-state index contributed by atoms with van der Waals surface area (Å²) in [6.07, 6.45) is 3.81. The Morgan fingerprint density at radius 3 is 2.43 bits per heavy atom. The zero-order chi connectivity index (χ0) is 20.9. The van der Waals surface area contributed by atoms with Crippen LogP contribution in [0.5, 0.6) is 0 Å². The summed E-state index contributed by atoms with van der Waals surface area (Å²) < 4.78 is 1.38.